The number of carboxylic acids is 1. The number of hydrogen-bond donors (Lipinski definition) is 2. The summed E-state index contributed by atoms with van der Waals surface area (Å²) >= 11 is 0. The molecule has 4 rings (SSSR count). The van der Waals surface area contributed by atoms with Gasteiger partial charge in [-0.05, 0) is 55.8 Å². The molecular weight excluding hydrogens is 244 g/mol. The Morgan fingerprint density at radius 1 is 1.05 bits per heavy atom. The van der Waals surface area contributed by atoms with Crippen LogP contribution in [0.15, 0.2) is 0 Å². The van der Waals surface area contributed by atoms with Gasteiger partial charge in [-0.25, -0.2) is 4.79 Å². The summed E-state index contributed by atoms with van der Waals surface area (Å²) in [4.78, 5) is 24.1. The fourth-order valence-electron chi connectivity index (χ4n) is 5.03. The molecule has 0 atom stereocenters. The van der Waals surface area contributed by atoms with Gasteiger partial charge in [-0.3, -0.25) is 4.79 Å². The third-order valence-corrected chi connectivity index (χ3v) is 5.39. The van der Waals surface area contributed by atoms with Crippen LogP contribution in [0.5, 0.6) is 0 Å². The van der Waals surface area contributed by atoms with Crippen molar-refractivity contribution in [3.63, 3.8) is 0 Å². The number of nitrogens with two attached hydrogens (primary N) is 1. The van der Waals surface area contributed by atoms with Gasteiger partial charge in [-0.1, -0.05) is 0 Å². The van der Waals surface area contributed by atoms with E-state index in [1.165, 1.54) is 32.1 Å². The molecule has 106 valence electrons. The molecule has 4 saturated carbocycles. The van der Waals surface area contributed by atoms with Gasteiger partial charge in [0.2, 0.25) is 0 Å². The molecule has 0 unspecified atom stereocenters. The van der Waals surface area contributed by atoms with Gasteiger partial charge in [0.05, 0.1) is 6.42 Å². The van der Waals surface area contributed by atoms with E-state index in [9.17, 15) is 9.59 Å². The van der Waals surface area contributed by atoms with Crippen LogP contribution >= 0.6 is 0 Å². The molecule has 19 heavy (non-hydrogen) atoms. The van der Waals surface area contributed by atoms with E-state index < -0.39 is 12.0 Å². The average molecular weight is 266 g/mol. The Bertz CT molecular complexity index is 368. The first-order valence-electron chi connectivity index (χ1n) is 7.32. The summed E-state index contributed by atoms with van der Waals surface area (Å²) in [6.07, 6.45) is 6.17. The highest BCUT2D eigenvalue weighted by Crippen LogP contribution is 2.55. The zero-order valence-corrected chi connectivity index (χ0v) is 11.1. The van der Waals surface area contributed by atoms with Crippen LogP contribution in [0.1, 0.15) is 38.5 Å². The molecule has 0 radical (unpaired) electrons. The highest BCUT2D eigenvalue weighted by Gasteiger charge is 2.50. The molecule has 4 aliphatic carbocycles. The van der Waals surface area contributed by atoms with Crippen LogP contribution < -0.4 is 5.73 Å². The van der Waals surface area contributed by atoms with Gasteiger partial charge in [0.15, 0.2) is 0 Å². The smallest absolute Gasteiger partial charge is 0.315 e. The standard InChI is InChI=1S/C14H22N2O3/c15-14(19)16(2-1-12(17)18)13-10-4-8-3-9(6-10)7-11(13)5-8/h8-11,13H,1-7H2,(H2,15,19)(H,17,18). The quantitative estimate of drug-likeness (QED) is 0.811. The molecule has 0 aromatic heterocycles. The first-order valence-corrected chi connectivity index (χ1v) is 7.32. The van der Waals surface area contributed by atoms with Crippen LogP contribution in [0.3, 0.4) is 0 Å². The van der Waals surface area contributed by atoms with Crippen LogP contribution in [-0.2, 0) is 4.79 Å². The summed E-state index contributed by atoms with van der Waals surface area (Å²) in [6.45, 7) is 0.262. The summed E-state index contributed by atoms with van der Waals surface area (Å²) in [5.41, 5.74) is 5.50. The van der Waals surface area contributed by atoms with Gasteiger partial charge >= 0.3 is 12.0 Å². The van der Waals surface area contributed by atoms with E-state index in [4.69, 9.17) is 10.8 Å². The Morgan fingerprint density at radius 3 is 2.00 bits per heavy atom. The molecule has 3 N–H and O–H groups in total. The van der Waals surface area contributed by atoms with Crippen molar-refractivity contribution in [3.8, 4) is 0 Å². The average Bonchev–Trinajstić information content (AvgIpc) is 2.30. The molecule has 5 nitrogen and oxygen atoms in total. The Kier molecular flexibility index (Phi) is 3.15. The second-order valence-electron chi connectivity index (χ2n) is 6.60. The summed E-state index contributed by atoms with van der Waals surface area (Å²) in [6, 6.07) is -0.247. The maximum atomic E-state index is 11.7. The predicted molar refractivity (Wildman–Crippen MR) is 69.4 cm³/mol. The molecule has 5 heteroatoms. The monoisotopic (exact) mass is 266 g/mol. The fraction of sp³-hybridized carbons (Fsp3) is 0.857. The van der Waals surface area contributed by atoms with Crippen LogP contribution in [0.2, 0.25) is 0 Å². The number of aliphatic carboxylic acids is 1. The molecule has 0 spiro atoms. The SMILES string of the molecule is NC(=O)N(CCC(=O)O)C1C2CC3CC(C2)CC1C3. The van der Waals surface area contributed by atoms with Crippen molar-refractivity contribution < 1.29 is 14.7 Å². The summed E-state index contributed by atoms with van der Waals surface area (Å²) < 4.78 is 0. The van der Waals surface area contributed by atoms with Gasteiger partial charge < -0.3 is 15.7 Å². The summed E-state index contributed by atoms with van der Waals surface area (Å²) in [7, 11) is 0. The number of nitrogens with zero attached hydrogens (tertiary/aromatic N) is 1. The lowest BCUT2D eigenvalue weighted by molar-refractivity contribution is -0.137. The number of primary amides is 1. The van der Waals surface area contributed by atoms with E-state index in [2.05, 4.69) is 0 Å². The predicted octanol–water partition coefficient (Wildman–Crippen LogP) is 1.67. The van der Waals surface area contributed by atoms with Crippen molar-refractivity contribution in [2.75, 3.05) is 6.54 Å². The zero-order valence-electron chi connectivity index (χ0n) is 11.1. The van der Waals surface area contributed by atoms with E-state index in [0.717, 1.165) is 11.8 Å². The minimum absolute atomic E-state index is 0.00820. The lowest BCUT2D eigenvalue weighted by Gasteiger charge is -2.56. The van der Waals surface area contributed by atoms with Crippen molar-refractivity contribution in [3.05, 3.63) is 0 Å². The molecule has 0 heterocycles. The lowest BCUT2D eigenvalue weighted by atomic mass is 9.54. The topological polar surface area (TPSA) is 83.6 Å². The van der Waals surface area contributed by atoms with Crippen molar-refractivity contribution in [2.45, 2.75) is 44.6 Å². The molecule has 4 fully saturated rings. The van der Waals surface area contributed by atoms with Crippen LogP contribution in [0, 0.1) is 23.7 Å². The highest BCUT2D eigenvalue weighted by atomic mass is 16.4. The van der Waals surface area contributed by atoms with Crippen molar-refractivity contribution in [2.24, 2.45) is 29.4 Å². The van der Waals surface area contributed by atoms with Gasteiger partial charge in [0.1, 0.15) is 0 Å². The Morgan fingerprint density at radius 2 is 1.58 bits per heavy atom. The van der Waals surface area contributed by atoms with Gasteiger partial charge in [-0.2, -0.15) is 0 Å². The molecule has 0 saturated heterocycles. The molecule has 4 bridgehead atoms. The molecule has 2 amide bonds. The third-order valence-electron chi connectivity index (χ3n) is 5.39. The summed E-state index contributed by atoms with van der Waals surface area (Å²) in [5.74, 6) is 1.92. The number of urea groups is 1. The second kappa shape index (κ2) is 4.69. The minimum Gasteiger partial charge on any atom is -0.481 e. The van der Waals surface area contributed by atoms with Gasteiger partial charge in [0.25, 0.3) is 0 Å². The van der Waals surface area contributed by atoms with E-state index in [1.807, 2.05) is 0 Å². The van der Waals surface area contributed by atoms with Crippen LogP contribution in [0.4, 0.5) is 4.79 Å². The van der Waals surface area contributed by atoms with E-state index in [-0.39, 0.29) is 19.0 Å². The van der Waals surface area contributed by atoms with Crippen molar-refractivity contribution in [1.29, 1.82) is 0 Å². The van der Waals surface area contributed by atoms with Crippen molar-refractivity contribution in [1.82, 2.24) is 4.90 Å². The number of carbonyl (C=O) groups is 2. The lowest BCUT2D eigenvalue weighted by Crippen LogP contribution is -2.58. The number of amides is 2. The summed E-state index contributed by atoms with van der Waals surface area (Å²) in [5, 5.41) is 8.82. The van der Waals surface area contributed by atoms with Crippen LogP contribution in [-0.4, -0.2) is 34.6 Å². The molecule has 0 aliphatic heterocycles. The van der Waals surface area contributed by atoms with Gasteiger partial charge in [0, 0.05) is 12.6 Å². The fourth-order valence-corrected chi connectivity index (χ4v) is 5.03. The Balaban J connectivity index is 1.75. The van der Waals surface area contributed by atoms with E-state index >= 15 is 0 Å². The Labute approximate surface area is 113 Å². The number of carbonyl (C=O) groups excluding carboxylic acids is 1. The highest BCUT2D eigenvalue weighted by molar-refractivity contribution is 5.74. The van der Waals surface area contributed by atoms with Gasteiger partial charge in [-0.15, -0.1) is 0 Å². The molecule has 4 aliphatic rings. The number of hydrogen-bond acceptors (Lipinski definition) is 2. The molecule has 0 aromatic rings. The van der Waals surface area contributed by atoms with Crippen molar-refractivity contribution >= 4 is 12.0 Å². The Hall–Kier alpha value is -1.26. The minimum atomic E-state index is -0.866. The second-order valence-corrected chi connectivity index (χ2v) is 6.60. The van der Waals surface area contributed by atoms with E-state index in [0.29, 0.717) is 11.8 Å². The zero-order chi connectivity index (χ0) is 13.6. The largest absolute Gasteiger partial charge is 0.481 e. The first-order chi connectivity index (χ1) is 9.04. The molecular formula is C14H22N2O3. The first kappa shape index (κ1) is 12.8. The maximum absolute atomic E-state index is 11.7. The van der Waals surface area contributed by atoms with E-state index in [1.54, 1.807) is 4.90 Å². The normalized spacial score (nSPS) is 39.3. The third kappa shape index (κ3) is 2.30. The number of carboxylic acid groups (broad SMARTS) is 1. The van der Waals surface area contributed by atoms with Crippen LogP contribution in [0.25, 0.3) is 0 Å². The maximum Gasteiger partial charge on any atom is 0.315 e. The number of rotatable bonds is 4. The molecule has 0 aromatic carbocycles.